The number of nitrogens with one attached hydrogen (secondary N) is 1. The maximum atomic E-state index is 11.9. The lowest BCUT2D eigenvalue weighted by Crippen LogP contribution is -2.51. The molecule has 0 saturated heterocycles. The van der Waals surface area contributed by atoms with Gasteiger partial charge in [0.05, 0.1) is 12.0 Å². The van der Waals surface area contributed by atoms with E-state index < -0.39 is 17.9 Å². The summed E-state index contributed by atoms with van der Waals surface area (Å²) in [4.78, 5) is 22.8. The fourth-order valence-electron chi connectivity index (χ4n) is 2.07. The number of aliphatic carboxylic acids is 1. The Morgan fingerprint density at radius 3 is 2.32 bits per heavy atom. The highest BCUT2D eigenvalue weighted by molar-refractivity contribution is 5.83. The van der Waals surface area contributed by atoms with Gasteiger partial charge in [-0.2, -0.15) is 0 Å². The molecule has 0 radical (unpaired) electrons. The van der Waals surface area contributed by atoms with Crippen molar-refractivity contribution in [3.63, 3.8) is 0 Å². The van der Waals surface area contributed by atoms with Crippen molar-refractivity contribution in [2.24, 2.45) is 5.92 Å². The number of benzene rings is 1. The van der Waals surface area contributed by atoms with Crippen LogP contribution >= 0.6 is 0 Å². The van der Waals surface area contributed by atoms with Crippen molar-refractivity contribution in [1.29, 1.82) is 0 Å². The molecule has 0 unspecified atom stereocenters. The minimum absolute atomic E-state index is 0.113. The molecule has 1 aromatic carbocycles. The predicted molar refractivity (Wildman–Crippen MR) is 82.4 cm³/mol. The molecule has 0 aliphatic carbocycles. The molecule has 122 valence electrons. The van der Waals surface area contributed by atoms with Crippen LogP contribution in [0.15, 0.2) is 24.3 Å². The fourth-order valence-corrected chi connectivity index (χ4v) is 2.07. The van der Waals surface area contributed by atoms with Crippen molar-refractivity contribution in [2.75, 3.05) is 6.61 Å². The van der Waals surface area contributed by atoms with E-state index in [1.54, 1.807) is 19.9 Å². The second-order valence-electron chi connectivity index (χ2n) is 6.64. The second kappa shape index (κ2) is 7.29. The molecular formula is C17H24NO4-. The first-order valence-corrected chi connectivity index (χ1v) is 7.35. The molecule has 1 N–H and O–H groups in total. The molecule has 0 saturated carbocycles. The van der Waals surface area contributed by atoms with Crippen molar-refractivity contribution in [3.05, 3.63) is 29.8 Å². The molecule has 5 nitrogen and oxygen atoms in total. The molecule has 0 fully saturated rings. The Morgan fingerprint density at radius 1 is 1.23 bits per heavy atom. The van der Waals surface area contributed by atoms with Crippen LogP contribution in [0.2, 0.25) is 0 Å². The Balaban J connectivity index is 2.71. The number of carbonyl (C=O) groups is 2. The third kappa shape index (κ3) is 5.06. The quantitative estimate of drug-likeness (QED) is 0.858. The van der Waals surface area contributed by atoms with Crippen LogP contribution in [-0.4, -0.2) is 24.5 Å². The van der Waals surface area contributed by atoms with Crippen molar-refractivity contribution in [1.82, 2.24) is 5.32 Å². The average Bonchev–Trinajstić information content (AvgIpc) is 2.41. The lowest BCUT2D eigenvalue weighted by molar-refractivity contribution is -0.309. The van der Waals surface area contributed by atoms with Gasteiger partial charge < -0.3 is 20.0 Å². The molecule has 1 amide bonds. The van der Waals surface area contributed by atoms with E-state index in [0.29, 0.717) is 5.75 Å². The monoisotopic (exact) mass is 306 g/mol. The summed E-state index contributed by atoms with van der Waals surface area (Å²) in [5.74, 6) is -1.40. The normalized spacial score (nSPS) is 12.8. The molecule has 1 rings (SSSR count). The SMILES string of the molecule is CC(C)[C@@H](NC(=O)COc1ccccc1C(C)(C)C)C(=O)[O-]. The summed E-state index contributed by atoms with van der Waals surface area (Å²) < 4.78 is 5.56. The van der Waals surface area contributed by atoms with Gasteiger partial charge in [-0.25, -0.2) is 0 Å². The molecule has 0 aliphatic heterocycles. The molecule has 5 heteroatoms. The molecule has 1 aromatic rings. The third-order valence-electron chi connectivity index (χ3n) is 3.29. The van der Waals surface area contributed by atoms with Gasteiger partial charge in [0.2, 0.25) is 0 Å². The Labute approximate surface area is 131 Å². The van der Waals surface area contributed by atoms with E-state index in [4.69, 9.17) is 4.74 Å². The molecule has 0 spiro atoms. The highest BCUT2D eigenvalue weighted by Gasteiger charge is 2.20. The topological polar surface area (TPSA) is 78.5 Å². The summed E-state index contributed by atoms with van der Waals surface area (Å²) in [6.45, 7) is 9.34. The van der Waals surface area contributed by atoms with Crippen LogP contribution in [0.25, 0.3) is 0 Å². The van der Waals surface area contributed by atoms with Crippen LogP contribution in [0, 0.1) is 5.92 Å². The lowest BCUT2D eigenvalue weighted by Gasteiger charge is -2.24. The zero-order valence-electron chi connectivity index (χ0n) is 13.8. The number of rotatable bonds is 6. The van der Waals surface area contributed by atoms with Crippen molar-refractivity contribution in [2.45, 2.75) is 46.1 Å². The minimum atomic E-state index is -1.29. The maximum Gasteiger partial charge on any atom is 0.258 e. The van der Waals surface area contributed by atoms with E-state index in [1.165, 1.54) is 0 Å². The maximum absolute atomic E-state index is 11.9. The van der Waals surface area contributed by atoms with Crippen molar-refractivity contribution in [3.8, 4) is 5.75 Å². The molecule has 22 heavy (non-hydrogen) atoms. The first kappa shape index (κ1) is 18.0. The van der Waals surface area contributed by atoms with Crippen LogP contribution in [-0.2, 0) is 15.0 Å². The van der Waals surface area contributed by atoms with E-state index in [1.807, 2.05) is 18.2 Å². The summed E-state index contributed by atoms with van der Waals surface area (Å²) in [5.41, 5.74) is 0.876. The van der Waals surface area contributed by atoms with Gasteiger partial charge in [0.15, 0.2) is 6.61 Å². The van der Waals surface area contributed by atoms with E-state index in [0.717, 1.165) is 5.56 Å². The molecular weight excluding hydrogens is 282 g/mol. The van der Waals surface area contributed by atoms with Gasteiger partial charge in [0.25, 0.3) is 5.91 Å². The van der Waals surface area contributed by atoms with E-state index >= 15 is 0 Å². The minimum Gasteiger partial charge on any atom is -0.548 e. The summed E-state index contributed by atoms with van der Waals surface area (Å²) in [6, 6.07) is 6.48. The molecule has 0 heterocycles. The molecule has 0 bridgehead atoms. The summed E-state index contributed by atoms with van der Waals surface area (Å²) in [7, 11) is 0. The number of para-hydroxylation sites is 1. The zero-order valence-corrected chi connectivity index (χ0v) is 13.8. The predicted octanol–water partition coefficient (Wildman–Crippen LogP) is 1.25. The molecule has 0 aliphatic rings. The van der Waals surface area contributed by atoms with Crippen LogP contribution in [0.4, 0.5) is 0 Å². The number of hydrogen-bond donors (Lipinski definition) is 1. The van der Waals surface area contributed by atoms with Crippen LogP contribution < -0.4 is 15.2 Å². The van der Waals surface area contributed by atoms with Crippen molar-refractivity contribution >= 4 is 11.9 Å². The number of carboxylic acids is 1. The number of carboxylic acid groups (broad SMARTS) is 1. The number of hydrogen-bond acceptors (Lipinski definition) is 4. The first-order chi connectivity index (χ1) is 10.1. The highest BCUT2D eigenvalue weighted by atomic mass is 16.5. The first-order valence-electron chi connectivity index (χ1n) is 7.35. The van der Waals surface area contributed by atoms with Crippen molar-refractivity contribution < 1.29 is 19.4 Å². The van der Waals surface area contributed by atoms with E-state index in [9.17, 15) is 14.7 Å². The molecule has 0 aromatic heterocycles. The second-order valence-corrected chi connectivity index (χ2v) is 6.64. The summed E-state index contributed by atoms with van der Waals surface area (Å²) in [6.07, 6.45) is 0. The Morgan fingerprint density at radius 2 is 1.82 bits per heavy atom. The average molecular weight is 306 g/mol. The Kier molecular flexibility index (Phi) is 5.97. The Bertz CT molecular complexity index is 532. The van der Waals surface area contributed by atoms with Gasteiger partial charge in [-0.3, -0.25) is 4.79 Å². The standard InChI is InChI=1S/C17H25NO4/c1-11(2)15(16(20)21)18-14(19)10-22-13-9-7-6-8-12(13)17(3,4)5/h6-9,11,15H,10H2,1-5H3,(H,18,19)(H,20,21)/p-1/t15-/m1/s1. The summed E-state index contributed by atoms with van der Waals surface area (Å²) >= 11 is 0. The Hall–Kier alpha value is -2.04. The smallest absolute Gasteiger partial charge is 0.258 e. The van der Waals surface area contributed by atoms with Gasteiger partial charge in [-0.1, -0.05) is 52.8 Å². The lowest BCUT2D eigenvalue weighted by atomic mass is 9.86. The van der Waals surface area contributed by atoms with Crippen LogP contribution in [0.3, 0.4) is 0 Å². The third-order valence-corrected chi connectivity index (χ3v) is 3.29. The summed E-state index contributed by atoms with van der Waals surface area (Å²) in [5, 5.41) is 13.4. The number of carbonyl (C=O) groups excluding carboxylic acids is 2. The molecule has 1 atom stereocenters. The van der Waals surface area contributed by atoms with E-state index in [-0.39, 0.29) is 17.9 Å². The van der Waals surface area contributed by atoms with Crippen LogP contribution in [0.1, 0.15) is 40.2 Å². The van der Waals surface area contributed by atoms with Crippen LogP contribution in [0.5, 0.6) is 5.75 Å². The van der Waals surface area contributed by atoms with Gasteiger partial charge in [-0.15, -0.1) is 0 Å². The van der Waals surface area contributed by atoms with Gasteiger partial charge >= 0.3 is 0 Å². The van der Waals surface area contributed by atoms with Gasteiger partial charge in [0.1, 0.15) is 5.75 Å². The zero-order chi connectivity index (χ0) is 16.9. The number of amides is 1. The highest BCUT2D eigenvalue weighted by Crippen LogP contribution is 2.30. The van der Waals surface area contributed by atoms with Gasteiger partial charge in [0, 0.05) is 0 Å². The number of ether oxygens (including phenoxy) is 1. The largest absolute Gasteiger partial charge is 0.548 e. The van der Waals surface area contributed by atoms with E-state index in [2.05, 4.69) is 26.1 Å². The van der Waals surface area contributed by atoms with Gasteiger partial charge in [-0.05, 0) is 23.0 Å². The fraction of sp³-hybridized carbons (Fsp3) is 0.529.